The van der Waals surface area contributed by atoms with Crippen LogP contribution in [0.1, 0.15) is 47.7 Å². The van der Waals surface area contributed by atoms with E-state index in [9.17, 15) is 9.59 Å². The van der Waals surface area contributed by atoms with E-state index >= 15 is 0 Å². The van der Waals surface area contributed by atoms with Gasteiger partial charge in [0.15, 0.2) is 0 Å². The van der Waals surface area contributed by atoms with Crippen molar-refractivity contribution in [3.05, 3.63) is 59.8 Å². The Kier molecular flexibility index (Phi) is 7.79. The molecule has 3 N–H and O–H groups in total. The van der Waals surface area contributed by atoms with Gasteiger partial charge in [-0.25, -0.2) is 9.97 Å². The third kappa shape index (κ3) is 5.93. The van der Waals surface area contributed by atoms with Gasteiger partial charge in [-0.15, -0.1) is 16.9 Å². The van der Waals surface area contributed by atoms with Crippen molar-refractivity contribution in [2.45, 2.75) is 37.0 Å². The first-order valence-electron chi connectivity index (χ1n) is 11.4. The van der Waals surface area contributed by atoms with E-state index in [0.717, 1.165) is 40.8 Å². The van der Waals surface area contributed by atoms with Gasteiger partial charge in [0, 0.05) is 55.9 Å². The summed E-state index contributed by atoms with van der Waals surface area (Å²) < 4.78 is 0. The molecule has 0 spiro atoms. The van der Waals surface area contributed by atoms with Gasteiger partial charge < -0.3 is 15.5 Å². The standard InChI is InChI=1S/C14H19N3OS.C10H10N4O/c1-16-11-9-13(17-6-3-2-4-7-17)15-10-12(11)19-8-5-14(16)18;11-9(15)10-12-8(13-14-10)6-7-4-2-1-3-5-7/h9-10H,2-8H2,1H3;1-5H,6H2,(H2,11,15)(H,12,13,14). The number of benzene rings is 1. The molecule has 0 atom stereocenters. The Balaban J connectivity index is 0.000000166. The van der Waals surface area contributed by atoms with Crippen LogP contribution in [0.2, 0.25) is 0 Å². The smallest absolute Gasteiger partial charge is 0.288 e. The highest BCUT2D eigenvalue weighted by molar-refractivity contribution is 7.99. The third-order valence-electron chi connectivity index (χ3n) is 5.79. The number of hydrogen-bond donors (Lipinski definition) is 2. The van der Waals surface area contributed by atoms with Crippen LogP contribution < -0.4 is 15.5 Å². The number of amides is 2. The van der Waals surface area contributed by atoms with Gasteiger partial charge >= 0.3 is 0 Å². The number of primary amides is 1. The third-order valence-corrected chi connectivity index (χ3v) is 6.82. The second kappa shape index (κ2) is 11.1. The Morgan fingerprint density at radius 1 is 1.18 bits per heavy atom. The molecule has 0 unspecified atom stereocenters. The van der Waals surface area contributed by atoms with Gasteiger partial charge in [0.05, 0.1) is 5.69 Å². The minimum atomic E-state index is -0.620. The maximum atomic E-state index is 11.9. The molecule has 2 aliphatic heterocycles. The van der Waals surface area contributed by atoms with Crippen LogP contribution in [0.25, 0.3) is 0 Å². The van der Waals surface area contributed by atoms with Crippen LogP contribution in [0, 0.1) is 0 Å². The minimum absolute atomic E-state index is 0.0286. The van der Waals surface area contributed by atoms with Crippen LogP contribution >= 0.6 is 11.8 Å². The molecule has 1 saturated heterocycles. The second-order valence-electron chi connectivity index (χ2n) is 8.24. The molecule has 0 aliphatic carbocycles. The normalized spacial score (nSPS) is 15.7. The molecular formula is C24H29N7O2S. The maximum Gasteiger partial charge on any atom is 0.288 e. The van der Waals surface area contributed by atoms with Gasteiger partial charge in [0.1, 0.15) is 11.6 Å². The highest BCUT2D eigenvalue weighted by Gasteiger charge is 2.22. The molecule has 5 rings (SSSR count). The largest absolute Gasteiger partial charge is 0.363 e. The summed E-state index contributed by atoms with van der Waals surface area (Å²) in [6.07, 6.45) is 6.94. The topological polar surface area (TPSA) is 121 Å². The summed E-state index contributed by atoms with van der Waals surface area (Å²) >= 11 is 1.73. The molecule has 2 aliphatic rings. The number of carbonyl (C=O) groups is 2. The number of thioether (sulfide) groups is 1. The van der Waals surface area contributed by atoms with E-state index < -0.39 is 5.91 Å². The Morgan fingerprint density at radius 3 is 2.65 bits per heavy atom. The highest BCUT2D eigenvalue weighted by atomic mass is 32.2. The van der Waals surface area contributed by atoms with E-state index in [1.807, 2.05) is 43.6 Å². The number of aromatic nitrogens is 4. The van der Waals surface area contributed by atoms with E-state index in [1.54, 1.807) is 16.7 Å². The zero-order chi connectivity index (χ0) is 23.9. The van der Waals surface area contributed by atoms with Crippen LogP contribution in [0.5, 0.6) is 0 Å². The number of carbonyl (C=O) groups excluding carboxylic acids is 2. The molecule has 4 heterocycles. The Bertz CT molecular complexity index is 1130. The van der Waals surface area contributed by atoms with Crippen LogP contribution in [-0.2, 0) is 11.2 Å². The monoisotopic (exact) mass is 479 g/mol. The summed E-state index contributed by atoms with van der Waals surface area (Å²) in [6, 6.07) is 11.9. The number of hydrogen-bond acceptors (Lipinski definition) is 7. The molecule has 2 amide bonds. The average Bonchev–Trinajstić information content (AvgIpc) is 3.29. The summed E-state index contributed by atoms with van der Waals surface area (Å²) in [6.45, 7) is 2.16. The van der Waals surface area contributed by atoms with Crippen molar-refractivity contribution < 1.29 is 9.59 Å². The molecule has 10 heteroatoms. The van der Waals surface area contributed by atoms with Crippen molar-refractivity contribution in [2.24, 2.45) is 5.73 Å². The van der Waals surface area contributed by atoms with Gasteiger partial charge in [0.2, 0.25) is 11.7 Å². The molecule has 0 saturated carbocycles. The first-order chi connectivity index (χ1) is 16.5. The number of nitrogens with two attached hydrogens (primary N) is 1. The highest BCUT2D eigenvalue weighted by Crippen LogP contribution is 2.35. The van der Waals surface area contributed by atoms with E-state index in [4.69, 9.17) is 5.73 Å². The van der Waals surface area contributed by atoms with Crippen LogP contribution in [0.4, 0.5) is 11.5 Å². The fourth-order valence-electron chi connectivity index (χ4n) is 3.91. The van der Waals surface area contributed by atoms with Gasteiger partial charge in [-0.3, -0.25) is 14.7 Å². The van der Waals surface area contributed by atoms with E-state index in [1.165, 1.54) is 19.3 Å². The van der Waals surface area contributed by atoms with Crippen LogP contribution in [-0.4, -0.2) is 57.9 Å². The predicted molar refractivity (Wildman–Crippen MR) is 133 cm³/mol. The summed E-state index contributed by atoms with van der Waals surface area (Å²) in [7, 11) is 1.87. The van der Waals surface area contributed by atoms with Crippen molar-refractivity contribution in [1.82, 2.24) is 20.2 Å². The molecular weight excluding hydrogens is 450 g/mol. The number of anilines is 2. The molecule has 1 aromatic carbocycles. The number of H-pyrrole nitrogens is 1. The average molecular weight is 480 g/mol. The van der Waals surface area contributed by atoms with Crippen molar-refractivity contribution in [3.63, 3.8) is 0 Å². The van der Waals surface area contributed by atoms with E-state index in [0.29, 0.717) is 18.7 Å². The quantitative estimate of drug-likeness (QED) is 0.590. The Hall–Kier alpha value is -3.40. The number of rotatable bonds is 4. The molecule has 0 radical (unpaired) electrons. The summed E-state index contributed by atoms with van der Waals surface area (Å²) in [5, 5.41) is 6.37. The zero-order valence-electron chi connectivity index (χ0n) is 19.2. The van der Waals surface area contributed by atoms with Crippen molar-refractivity contribution in [2.75, 3.05) is 35.7 Å². The number of nitrogens with one attached hydrogen (secondary N) is 1. The second-order valence-corrected chi connectivity index (χ2v) is 9.38. The number of nitrogens with zero attached hydrogens (tertiary/aromatic N) is 5. The van der Waals surface area contributed by atoms with Gasteiger partial charge in [-0.2, -0.15) is 0 Å². The summed E-state index contributed by atoms with van der Waals surface area (Å²) in [5.74, 6) is 2.10. The Morgan fingerprint density at radius 2 is 1.94 bits per heavy atom. The number of pyridine rings is 1. The molecule has 0 bridgehead atoms. The van der Waals surface area contributed by atoms with Crippen molar-refractivity contribution >= 4 is 35.1 Å². The fraction of sp³-hybridized carbons (Fsp3) is 0.375. The summed E-state index contributed by atoms with van der Waals surface area (Å²) in [4.78, 5) is 36.5. The first-order valence-corrected chi connectivity index (χ1v) is 12.4. The predicted octanol–water partition coefficient (Wildman–Crippen LogP) is 3.02. The van der Waals surface area contributed by atoms with Crippen LogP contribution in [0.15, 0.2) is 47.5 Å². The number of aromatic amines is 1. The molecule has 3 aromatic rings. The fourth-order valence-corrected chi connectivity index (χ4v) is 4.88. The van der Waals surface area contributed by atoms with Gasteiger partial charge in [0.25, 0.3) is 5.91 Å². The molecule has 9 nitrogen and oxygen atoms in total. The van der Waals surface area contributed by atoms with Crippen LogP contribution in [0.3, 0.4) is 0 Å². The first kappa shape index (κ1) is 23.7. The van der Waals surface area contributed by atoms with E-state index in [-0.39, 0.29) is 11.7 Å². The zero-order valence-corrected chi connectivity index (χ0v) is 20.1. The van der Waals surface area contributed by atoms with Gasteiger partial charge in [-0.05, 0) is 24.8 Å². The lowest BCUT2D eigenvalue weighted by Gasteiger charge is -2.29. The SMILES string of the molecule is CN1C(=O)CCSc2cnc(N3CCCCC3)cc21.NC(=O)c1n[nH]c(Cc2ccccc2)n1. The molecule has 1 fully saturated rings. The minimum Gasteiger partial charge on any atom is -0.363 e. The Labute approximate surface area is 203 Å². The maximum absolute atomic E-state index is 11.9. The number of piperidine rings is 1. The van der Waals surface area contributed by atoms with Gasteiger partial charge in [-0.1, -0.05) is 30.3 Å². The van der Waals surface area contributed by atoms with E-state index in [2.05, 4.69) is 31.1 Å². The molecule has 34 heavy (non-hydrogen) atoms. The van der Waals surface area contributed by atoms with Crippen molar-refractivity contribution in [1.29, 1.82) is 0 Å². The number of fused-ring (bicyclic) bond motifs is 1. The van der Waals surface area contributed by atoms with Crippen molar-refractivity contribution in [3.8, 4) is 0 Å². The lowest BCUT2D eigenvalue weighted by atomic mass is 10.1. The summed E-state index contributed by atoms with van der Waals surface area (Å²) in [5.41, 5.74) is 7.15. The lowest BCUT2D eigenvalue weighted by Crippen LogP contribution is -2.31. The molecule has 178 valence electrons. The lowest BCUT2D eigenvalue weighted by molar-refractivity contribution is -0.117. The molecule has 2 aromatic heterocycles.